The molecule has 0 amide bonds. The molecule has 1 atom stereocenters. The molecular weight excluding hydrogens is 210 g/mol. The highest BCUT2D eigenvalue weighted by molar-refractivity contribution is 4.97. The quantitative estimate of drug-likeness (QED) is 0.667. The summed E-state index contributed by atoms with van der Waals surface area (Å²) in [6.07, 6.45) is 14.2. The minimum atomic E-state index is 0.102. The highest BCUT2D eigenvalue weighted by atomic mass is 15.1. The number of nitrogens with zero attached hydrogens (tertiary/aromatic N) is 2. The van der Waals surface area contributed by atoms with Gasteiger partial charge in [-0.25, -0.2) is 4.98 Å². The van der Waals surface area contributed by atoms with Gasteiger partial charge in [0.25, 0.3) is 0 Å². The van der Waals surface area contributed by atoms with Gasteiger partial charge in [-0.2, -0.15) is 0 Å². The Balaban J connectivity index is 2.05. The van der Waals surface area contributed by atoms with Crippen molar-refractivity contribution in [1.82, 2.24) is 9.55 Å². The van der Waals surface area contributed by atoms with Crippen LogP contribution in [0.1, 0.15) is 70.2 Å². The van der Waals surface area contributed by atoms with Crippen LogP contribution >= 0.6 is 0 Å². The van der Waals surface area contributed by atoms with Crippen molar-refractivity contribution in [3.8, 4) is 0 Å². The zero-order valence-electron chi connectivity index (χ0n) is 11.4. The van der Waals surface area contributed by atoms with Gasteiger partial charge in [-0.05, 0) is 6.42 Å². The Bertz CT molecular complexity index is 293. The maximum absolute atomic E-state index is 6.12. The Morgan fingerprint density at radius 3 is 2.41 bits per heavy atom. The van der Waals surface area contributed by atoms with Crippen molar-refractivity contribution >= 4 is 0 Å². The summed E-state index contributed by atoms with van der Waals surface area (Å²) < 4.78 is 2.02. The molecule has 17 heavy (non-hydrogen) atoms. The number of imidazole rings is 1. The second-order valence-electron chi connectivity index (χ2n) is 4.91. The summed E-state index contributed by atoms with van der Waals surface area (Å²) >= 11 is 0. The molecule has 0 aliphatic carbocycles. The number of hydrogen-bond donors (Lipinski definition) is 1. The highest BCUT2D eigenvalue weighted by Gasteiger charge is 2.09. The Kier molecular flexibility index (Phi) is 6.94. The van der Waals surface area contributed by atoms with Crippen LogP contribution in [0.15, 0.2) is 12.4 Å². The van der Waals surface area contributed by atoms with Gasteiger partial charge in [-0.15, -0.1) is 0 Å². The molecule has 0 saturated carbocycles. The minimum Gasteiger partial charge on any atom is -0.337 e. The molecular formula is C14H27N3. The van der Waals surface area contributed by atoms with Crippen LogP contribution in [0.25, 0.3) is 0 Å². The molecule has 0 aliphatic heterocycles. The maximum Gasteiger partial charge on any atom is 0.125 e. The lowest BCUT2D eigenvalue weighted by Crippen LogP contribution is -2.15. The van der Waals surface area contributed by atoms with E-state index in [1.807, 2.05) is 24.0 Å². The third-order valence-electron chi connectivity index (χ3n) is 3.31. The van der Waals surface area contributed by atoms with Gasteiger partial charge in [0.1, 0.15) is 5.82 Å². The lowest BCUT2D eigenvalue weighted by molar-refractivity contribution is 0.520. The molecule has 0 fully saturated rings. The smallest absolute Gasteiger partial charge is 0.125 e. The van der Waals surface area contributed by atoms with Crippen molar-refractivity contribution in [3.63, 3.8) is 0 Å². The average molecular weight is 237 g/mol. The summed E-state index contributed by atoms with van der Waals surface area (Å²) in [6.45, 7) is 2.26. The van der Waals surface area contributed by atoms with Crippen LogP contribution in [0.5, 0.6) is 0 Å². The largest absolute Gasteiger partial charge is 0.337 e. The molecule has 3 nitrogen and oxygen atoms in total. The van der Waals surface area contributed by atoms with Crippen LogP contribution < -0.4 is 5.73 Å². The predicted octanol–water partition coefficient (Wildman–Crippen LogP) is 3.56. The molecule has 1 aromatic heterocycles. The van der Waals surface area contributed by atoms with Crippen LogP contribution in [0.2, 0.25) is 0 Å². The fraction of sp³-hybridized carbons (Fsp3) is 0.786. The van der Waals surface area contributed by atoms with Gasteiger partial charge in [-0.3, -0.25) is 0 Å². The van der Waals surface area contributed by atoms with Gasteiger partial charge in [-0.1, -0.05) is 51.9 Å². The number of rotatable bonds is 9. The molecule has 1 rings (SSSR count). The number of aromatic nitrogens is 2. The van der Waals surface area contributed by atoms with Gasteiger partial charge in [0, 0.05) is 19.4 Å². The summed E-state index contributed by atoms with van der Waals surface area (Å²) in [7, 11) is 2.01. The second kappa shape index (κ2) is 8.29. The first-order valence-electron chi connectivity index (χ1n) is 6.98. The van der Waals surface area contributed by atoms with Crippen LogP contribution in [-0.4, -0.2) is 9.55 Å². The Hall–Kier alpha value is -0.830. The molecule has 1 unspecified atom stereocenters. The van der Waals surface area contributed by atoms with Crippen LogP contribution in [0.3, 0.4) is 0 Å². The normalized spacial score (nSPS) is 12.9. The molecule has 0 aliphatic rings. The summed E-state index contributed by atoms with van der Waals surface area (Å²) in [5.74, 6) is 1.01. The van der Waals surface area contributed by atoms with Crippen molar-refractivity contribution in [2.45, 2.75) is 64.3 Å². The average Bonchev–Trinajstić information content (AvgIpc) is 2.74. The maximum atomic E-state index is 6.12. The van der Waals surface area contributed by atoms with Crippen molar-refractivity contribution in [3.05, 3.63) is 18.2 Å². The third kappa shape index (κ3) is 5.35. The Labute approximate surface area is 105 Å². The summed E-state index contributed by atoms with van der Waals surface area (Å²) in [6, 6.07) is 0.102. The first kappa shape index (κ1) is 14.2. The topological polar surface area (TPSA) is 43.8 Å². The van der Waals surface area contributed by atoms with Crippen LogP contribution in [0, 0.1) is 0 Å². The van der Waals surface area contributed by atoms with E-state index in [4.69, 9.17) is 5.73 Å². The standard InChI is InChI=1S/C14H27N3/c1-3-4-5-6-7-8-9-10-13(15)14-16-11-12-17(14)2/h11-13H,3-10,15H2,1-2H3. The van der Waals surface area contributed by atoms with E-state index in [1.165, 1.54) is 44.9 Å². The number of aryl methyl sites for hydroxylation is 1. The lowest BCUT2D eigenvalue weighted by Gasteiger charge is -2.11. The van der Waals surface area contributed by atoms with Gasteiger partial charge in [0.15, 0.2) is 0 Å². The minimum absolute atomic E-state index is 0.102. The van der Waals surface area contributed by atoms with E-state index in [0.29, 0.717) is 0 Å². The van der Waals surface area contributed by atoms with E-state index in [2.05, 4.69) is 11.9 Å². The van der Waals surface area contributed by atoms with E-state index >= 15 is 0 Å². The summed E-state index contributed by atoms with van der Waals surface area (Å²) in [5, 5.41) is 0. The second-order valence-corrected chi connectivity index (χ2v) is 4.91. The molecule has 1 aromatic rings. The van der Waals surface area contributed by atoms with Crippen molar-refractivity contribution in [2.75, 3.05) is 0 Å². The molecule has 3 heteroatoms. The molecule has 0 bridgehead atoms. The van der Waals surface area contributed by atoms with Crippen LogP contribution in [-0.2, 0) is 7.05 Å². The van der Waals surface area contributed by atoms with E-state index in [9.17, 15) is 0 Å². The first-order chi connectivity index (χ1) is 8.25. The zero-order chi connectivity index (χ0) is 12.5. The van der Waals surface area contributed by atoms with E-state index < -0.39 is 0 Å². The first-order valence-corrected chi connectivity index (χ1v) is 6.98. The Morgan fingerprint density at radius 1 is 1.18 bits per heavy atom. The molecule has 2 N–H and O–H groups in total. The monoisotopic (exact) mass is 237 g/mol. The van der Waals surface area contributed by atoms with E-state index in [0.717, 1.165) is 12.2 Å². The fourth-order valence-electron chi connectivity index (χ4n) is 2.18. The molecule has 98 valence electrons. The molecule has 0 radical (unpaired) electrons. The van der Waals surface area contributed by atoms with Crippen molar-refractivity contribution in [2.24, 2.45) is 12.8 Å². The van der Waals surface area contributed by atoms with Crippen molar-refractivity contribution in [1.29, 1.82) is 0 Å². The number of hydrogen-bond acceptors (Lipinski definition) is 2. The molecule has 0 spiro atoms. The zero-order valence-corrected chi connectivity index (χ0v) is 11.4. The van der Waals surface area contributed by atoms with Gasteiger partial charge in [0.2, 0.25) is 0 Å². The van der Waals surface area contributed by atoms with Crippen molar-refractivity contribution < 1.29 is 0 Å². The van der Waals surface area contributed by atoms with E-state index in [1.54, 1.807) is 0 Å². The van der Waals surface area contributed by atoms with Crippen LogP contribution in [0.4, 0.5) is 0 Å². The number of unbranched alkanes of at least 4 members (excludes halogenated alkanes) is 6. The molecule has 0 saturated heterocycles. The summed E-state index contributed by atoms with van der Waals surface area (Å²) in [5.41, 5.74) is 6.12. The fourth-order valence-corrected chi connectivity index (χ4v) is 2.18. The summed E-state index contributed by atoms with van der Waals surface area (Å²) in [4.78, 5) is 4.29. The lowest BCUT2D eigenvalue weighted by atomic mass is 10.1. The highest BCUT2D eigenvalue weighted by Crippen LogP contribution is 2.16. The number of nitrogens with two attached hydrogens (primary N) is 1. The Morgan fingerprint density at radius 2 is 1.82 bits per heavy atom. The molecule has 0 aromatic carbocycles. The third-order valence-corrected chi connectivity index (χ3v) is 3.31. The molecule has 1 heterocycles. The van der Waals surface area contributed by atoms with E-state index in [-0.39, 0.29) is 6.04 Å². The SMILES string of the molecule is CCCCCCCCCC(N)c1nccn1C. The van der Waals surface area contributed by atoms with Gasteiger partial charge < -0.3 is 10.3 Å². The van der Waals surface area contributed by atoms with Gasteiger partial charge in [0.05, 0.1) is 6.04 Å². The predicted molar refractivity (Wildman–Crippen MR) is 72.7 cm³/mol. The van der Waals surface area contributed by atoms with Gasteiger partial charge >= 0.3 is 0 Å².